The summed E-state index contributed by atoms with van der Waals surface area (Å²) in [5.74, 6) is -0.427. The van der Waals surface area contributed by atoms with Gasteiger partial charge in [0.1, 0.15) is 11.8 Å². The van der Waals surface area contributed by atoms with Gasteiger partial charge in [-0.2, -0.15) is 0 Å². The third kappa shape index (κ3) is 3.12. The molecule has 0 aromatic carbocycles. The van der Waals surface area contributed by atoms with Crippen molar-refractivity contribution in [2.75, 3.05) is 6.61 Å². The van der Waals surface area contributed by atoms with E-state index in [0.29, 0.717) is 12.3 Å². The summed E-state index contributed by atoms with van der Waals surface area (Å²) in [7, 11) is 0. The molecule has 0 spiro atoms. The molecule has 1 N–H and O–H groups in total. The summed E-state index contributed by atoms with van der Waals surface area (Å²) in [4.78, 5) is 26.6. The van der Waals surface area contributed by atoms with Crippen molar-refractivity contribution in [2.24, 2.45) is 0 Å². The van der Waals surface area contributed by atoms with Gasteiger partial charge in [-0.05, 0) is 43.2 Å². The maximum atomic E-state index is 12.2. The van der Waals surface area contributed by atoms with Crippen LogP contribution >= 0.6 is 0 Å². The van der Waals surface area contributed by atoms with Crippen molar-refractivity contribution in [2.45, 2.75) is 59.0 Å². The Bertz CT molecular complexity index is 545. The predicted molar refractivity (Wildman–Crippen MR) is 78.3 cm³/mol. The molecule has 1 atom stereocenters. The van der Waals surface area contributed by atoms with Gasteiger partial charge in [0.2, 0.25) is 0 Å². The lowest BCUT2D eigenvalue weighted by Gasteiger charge is -2.23. The van der Waals surface area contributed by atoms with Crippen LogP contribution in [-0.4, -0.2) is 23.5 Å². The number of hydrogen-bond acceptors (Lipinski definition) is 4. The second kappa shape index (κ2) is 6.33. The van der Waals surface area contributed by atoms with Gasteiger partial charge in [0, 0.05) is 6.92 Å². The molecule has 1 unspecified atom stereocenters. The number of fused-ring (bicyclic) bond motifs is 1. The molecule has 1 aromatic heterocycles. The Kier molecular flexibility index (Phi) is 4.70. The molecule has 116 valence electrons. The number of esters is 2. The molecular formula is C16H23NO4. The molecule has 0 radical (unpaired) electrons. The highest BCUT2D eigenvalue weighted by Crippen LogP contribution is 2.38. The molecule has 1 aliphatic carbocycles. The van der Waals surface area contributed by atoms with Gasteiger partial charge in [-0.3, -0.25) is 4.79 Å². The minimum Gasteiger partial charge on any atom is -0.461 e. The molecule has 2 rings (SSSR count). The summed E-state index contributed by atoms with van der Waals surface area (Å²) in [6, 6.07) is 0. The Labute approximate surface area is 125 Å². The number of aromatic amines is 1. The molecule has 0 amide bonds. The van der Waals surface area contributed by atoms with Gasteiger partial charge < -0.3 is 14.5 Å². The molecule has 0 fully saturated rings. The Morgan fingerprint density at radius 2 is 2.10 bits per heavy atom. The number of ether oxygens (including phenoxy) is 2. The Morgan fingerprint density at radius 1 is 1.38 bits per heavy atom. The monoisotopic (exact) mass is 293 g/mol. The standard InChI is InChI=1S/C16H23NO4/c1-5-20-16(19)15-13(9(2)3)11-7-6-8-12(14(11)17-15)21-10(4)18/h9,12,17H,5-8H2,1-4H3. The molecular weight excluding hydrogens is 270 g/mol. The number of hydrogen-bond donors (Lipinski definition) is 1. The zero-order chi connectivity index (χ0) is 15.6. The summed E-state index contributed by atoms with van der Waals surface area (Å²) < 4.78 is 10.5. The van der Waals surface area contributed by atoms with Crippen LogP contribution in [0.3, 0.4) is 0 Å². The molecule has 21 heavy (non-hydrogen) atoms. The van der Waals surface area contributed by atoms with Gasteiger partial charge in [0.05, 0.1) is 12.3 Å². The third-order valence-corrected chi connectivity index (χ3v) is 3.76. The molecule has 1 heterocycles. The summed E-state index contributed by atoms with van der Waals surface area (Å²) in [6.45, 7) is 7.65. The quantitative estimate of drug-likeness (QED) is 0.865. The highest BCUT2D eigenvalue weighted by Gasteiger charge is 2.32. The van der Waals surface area contributed by atoms with Crippen molar-refractivity contribution >= 4 is 11.9 Å². The van der Waals surface area contributed by atoms with Gasteiger partial charge >= 0.3 is 11.9 Å². The molecule has 0 saturated heterocycles. The van der Waals surface area contributed by atoms with Crippen LogP contribution in [0.15, 0.2) is 0 Å². The van der Waals surface area contributed by atoms with Crippen LogP contribution in [0.2, 0.25) is 0 Å². The maximum Gasteiger partial charge on any atom is 0.355 e. The summed E-state index contributed by atoms with van der Waals surface area (Å²) in [6.07, 6.45) is 2.35. The van der Waals surface area contributed by atoms with E-state index in [0.717, 1.165) is 36.1 Å². The Hall–Kier alpha value is -1.78. The molecule has 5 nitrogen and oxygen atoms in total. The molecule has 5 heteroatoms. The van der Waals surface area contributed by atoms with E-state index in [1.807, 2.05) is 0 Å². The smallest absolute Gasteiger partial charge is 0.355 e. The fourth-order valence-corrected chi connectivity index (χ4v) is 3.05. The highest BCUT2D eigenvalue weighted by molar-refractivity contribution is 5.90. The molecule has 1 aliphatic rings. The fraction of sp³-hybridized carbons (Fsp3) is 0.625. The zero-order valence-electron chi connectivity index (χ0n) is 13.1. The number of carbonyl (C=O) groups is 2. The van der Waals surface area contributed by atoms with Gasteiger partial charge in [-0.1, -0.05) is 13.8 Å². The minimum absolute atomic E-state index is 0.209. The van der Waals surface area contributed by atoms with E-state index in [1.54, 1.807) is 6.92 Å². The second-order valence-electron chi connectivity index (χ2n) is 5.67. The number of carbonyl (C=O) groups excluding carboxylic acids is 2. The zero-order valence-corrected chi connectivity index (χ0v) is 13.1. The van der Waals surface area contributed by atoms with E-state index in [9.17, 15) is 9.59 Å². The van der Waals surface area contributed by atoms with Crippen molar-refractivity contribution in [3.63, 3.8) is 0 Å². The van der Waals surface area contributed by atoms with E-state index in [2.05, 4.69) is 18.8 Å². The SMILES string of the molecule is CCOC(=O)c1[nH]c2c(c1C(C)C)CCCC2OC(C)=O. The van der Waals surface area contributed by atoms with Crippen LogP contribution < -0.4 is 0 Å². The lowest BCUT2D eigenvalue weighted by molar-refractivity contribution is -0.147. The largest absolute Gasteiger partial charge is 0.461 e. The highest BCUT2D eigenvalue weighted by atomic mass is 16.5. The van der Waals surface area contributed by atoms with Gasteiger partial charge in [-0.15, -0.1) is 0 Å². The average Bonchev–Trinajstić information content (AvgIpc) is 2.79. The maximum absolute atomic E-state index is 12.2. The van der Waals surface area contributed by atoms with Crippen molar-refractivity contribution in [3.8, 4) is 0 Å². The van der Waals surface area contributed by atoms with Crippen molar-refractivity contribution in [1.29, 1.82) is 0 Å². The number of H-pyrrole nitrogens is 1. The molecule has 1 aromatic rings. The van der Waals surface area contributed by atoms with Crippen LogP contribution in [0, 0.1) is 0 Å². The topological polar surface area (TPSA) is 68.4 Å². The van der Waals surface area contributed by atoms with E-state index < -0.39 is 0 Å². The number of aromatic nitrogens is 1. The summed E-state index contributed by atoms with van der Waals surface area (Å²) in [5, 5.41) is 0. The van der Waals surface area contributed by atoms with E-state index >= 15 is 0 Å². The van der Waals surface area contributed by atoms with Crippen LogP contribution in [0.25, 0.3) is 0 Å². The lowest BCUT2D eigenvalue weighted by Crippen LogP contribution is -2.15. The first-order valence-electron chi connectivity index (χ1n) is 7.54. The van der Waals surface area contributed by atoms with E-state index in [-0.39, 0.29) is 24.0 Å². The summed E-state index contributed by atoms with van der Waals surface area (Å²) in [5.41, 5.74) is 3.49. The Morgan fingerprint density at radius 3 is 2.67 bits per heavy atom. The van der Waals surface area contributed by atoms with E-state index in [1.165, 1.54) is 6.92 Å². The van der Waals surface area contributed by atoms with Gasteiger partial charge in [0.15, 0.2) is 0 Å². The normalized spacial score (nSPS) is 17.5. The van der Waals surface area contributed by atoms with Crippen LogP contribution in [0.4, 0.5) is 0 Å². The molecule has 0 bridgehead atoms. The fourth-order valence-electron chi connectivity index (χ4n) is 3.05. The summed E-state index contributed by atoms with van der Waals surface area (Å²) >= 11 is 0. The first-order valence-corrected chi connectivity index (χ1v) is 7.54. The van der Waals surface area contributed by atoms with Gasteiger partial charge in [-0.25, -0.2) is 4.79 Å². The predicted octanol–water partition coefficient (Wildman–Crippen LogP) is 3.26. The first kappa shape index (κ1) is 15.6. The number of nitrogens with one attached hydrogen (secondary N) is 1. The second-order valence-corrected chi connectivity index (χ2v) is 5.67. The number of rotatable bonds is 4. The van der Waals surface area contributed by atoms with Crippen LogP contribution in [0.5, 0.6) is 0 Å². The van der Waals surface area contributed by atoms with E-state index in [4.69, 9.17) is 9.47 Å². The van der Waals surface area contributed by atoms with Crippen molar-refractivity contribution in [1.82, 2.24) is 4.98 Å². The van der Waals surface area contributed by atoms with Gasteiger partial charge in [0.25, 0.3) is 0 Å². The third-order valence-electron chi connectivity index (χ3n) is 3.76. The Balaban J connectivity index is 2.46. The first-order chi connectivity index (χ1) is 9.95. The van der Waals surface area contributed by atoms with Crippen LogP contribution in [-0.2, 0) is 20.7 Å². The minimum atomic E-state index is -0.336. The van der Waals surface area contributed by atoms with Crippen molar-refractivity contribution in [3.05, 3.63) is 22.5 Å². The lowest BCUT2D eigenvalue weighted by atomic mass is 9.88. The van der Waals surface area contributed by atoms with Crippen molar-refractivity contribution < 1.29 is 19.1 Å². The molecule has 0 saturated carbocycles. The molecule has 0 aliphatic heterocycles. The van der Waals surface area contributed by atoms with Crippen LogP contribution in [0.1, 0.15) is 79.9 Å². The average molecular weight is 293 g/mol.